The second-order valence-corrected chi connectivity index (χ2v) is 6.66. The van der Waals surface area contributed by atoms with Crippen LogP contribution in [0.25, 0.3) is 11.3 Å². The van der Waals surface area contributed by atoms with Crippen LogP contribution in [0, 0.1) is 13.8 Å². The minimum absolute atomic E-state index is 0.150. The molecule has 0 unspecified atom stereocenters. The molecule has 1 aromatic heterocycles. The van der Waals surface area contributed by atoms with Gasteiger partial charge in [-0.05, 0) is 44.4 Å². The summed E-state index contributed by atoms with van der Waals surface area (Å²) >= 11 is 0. The fourth-order valence-corrected chi connectivity index (χ4v) is 3.19. The first-order valence-electron chi connectivity index (χ1n) is 9.40. The van der Waals surface area contributed by atoms with Gasteiger partial charge in [0.15, 0.2) is 0 Å². The maximum absolute atomic E-state index is 12.9. The number of methoxy groups -OCH3 is 1. The summed E-state index contributed by atoms with van der Waals surface area (Å²) in [5.41, 5.74) is 3.92. The second-order valence-electron chi connectivity index (χ2n) is 6.66. The van der Waals surface area contributed by atoms with Crippen molar-refractivity contribution in [2.45, 2.75) is 26.7 Å². The fraction of sp³-hybridized carbons (Fsp3) is 0.261. The number of hydrogen-bond acceptors (Lipinski definition) is 4. The quantitative estimate of drug-likeness (QED) is 0.631. The van der Waals surface area contributed by atoms with Gasteiger partial charge in [0, 0.05) is 12.1 Å². The van der Waals surface area contributed by atoms with Gasteiger partial charge in [-0.1, -0.05) is 42.5 Å². The van der Waals surface area contributed by atoms with Gasteiger partial charge in [0.1, 0.15) is 11.6 Å². The third-order valence-electron chi connectivity index (χ3n) is 4.54. The molecule has 28 heavy (non-hydrogen) atoms. The van der Waals surface area contributed by atoms with Crippen LogP contribution in [0.4, 0.5) is 0 Å². The molecular formula is C23H25N3O2. The average Bonchev–Trinajstić information content (AvgIpc) is 2.71. The first kappa shape index (κ1) is 19.5. The molecule has 2 aromatic carbocycles. The molecule has 0 saturated carbocycles. The standard InChI is InChI=1S/C23H25N3O2/c1-16-21(23(27)24-14-8-11-18-9-5-4-6-10-18)22(26-17(2)25-16)19-12-7-13-20(15-19)28-3/h4-7,9-10,12-13,15H,8,11,14H2,1-3H3,(H,24,27). The fourth-order valence-electron chi connectivity index (χ4n) is 3.19. The van der Waals surface area contributed by atoms with Crippen LogP contribution in [0.5, 0.6) is 5.75 Å². The van der Waals surface area contributed by atoms with Gasteiger partial charge in [0.2, 0.25) is 0 Å². The van der Waals surface area contributed by atoms with Crippen LogP contribution in [0.2, 0.25) is 0 Å². The highest BCUT2D eigenvalue weighted by Gasteiger charge is 2.19. The second kappa shape index (κ2) is 9.13. The molecule has 0 radical (unpaired) electrons. The zero-order valence-electron chi connectivity index (χ0n) is 16.5. The first-order chi connectivity index (χ1) is 13.6. The number of aromatic nitrogens is 2. The molecule has 1 heterocycles. The number of hydrogen-bond donors (Lipinski definition) is 1. The van der Waals surface area contributed by atoms with E-state index in [9.17, 15) is 4.79 Å². The highest BCUT2D eigenvalue weighted by atomic mass is 16.5. The predicted molar refractivity (Wildman–Crippen MR) is 111 cm³/mol. The molecule has 0 aliphatic carbocycles. The molecule has 144 valence electrons. The van der Waals surface area contributed by atoms with E-state index >= 15 is 0 Å². The summed E-state index contributed by atoms with van der Waals surface area (Å²) in [4.78, 5) is 21.9. The lowest BCUT2D eigenvalue weighted by atomic mass is 10.0. The number of nitrogens with zero attached hydrogens (tertiary/aromatic N) is 2. The smallest absolute Gasteiger partial charge is 0.255 e. The van der Waals surface area contributed by atoms with Gasteiger partial charge in [-0.2, -0.15) is 0 Å². The van der Waals surface area contributed by atoms with Gasteiger partial charge in [-0.25, -0.2) is 9.97 Å². The number of rotatable bonds is 7. The molecule has 0 bridgehead atoms. The van der Waals surface area contributed by atoms with E-state index < -0.39 is 0 Å². The molecule has 3 aromatic rings. The predicted octanol–water partition coefficient (Wildman–Crippen LogP) is 4.13. The van der Waals surface area contributed by atoms with Gasteiger partial charge in [0.05, 0.1) is 24.1 Å². The van der Waals surface area contributed by atoms with E-state index in [1.54, 1.807) is 7.11 Å². The molecule has 0 atom stereocenters. The van der Waals surface area contributed by atoms with Crippen LogP contribution in [-0.2, 0) is 6.42 Å². The SMILES string of the molecule is COc1cccc(-c2nc(C)nc(C)c2C(=O)NCCCc2ccccc2)c1. The van der Waals surface area contributed by atoms with Crippen LogP contribution in [0.15, 0.2) is 54.6 Å². The molecule has 0 saturated heterocycles. The minimum atomic E-state index is -0.150. The molecule has 1 amide bonds. The summed E-state index contributed by atoms with van der Waals surface area (Å²) in [5, 5.41) is 3.02. The molecule has 3 rings (SSSR count). The number of carbonyl (C=O) groups excluding carboxylic acids is 1. The first-order valence-corrected chi connectivity index (χ1v) is 9.40. The summed E-state index contributed by atoms with van der Waals surface area (Å²) in [6, 6.07) is 17.8. The number of nitrogens with one attached hydrogen (secondary N) is 1. The van der Waals surface area contributed by atoms with E-state index in [0.29, 0.717) is 29.3 Å². The normalized spacial score (nSPS) is 10.5. The van der Waals surface area contributed by atoms with E-state index in [1.807, 2.05) is 56.3 Å². The summed E-state index contributed by atoms with van der Waals surface area (Å²) in [7, 11) is 1.62. The van der Waals surface area contributed by atoms with Crippen molar-refractivity contribution in [3.63, 3.8) is 0 Å². The van der Waals surface area contributed by atoms with Gasteiger partial charge in [0.25, 0.3) is 5.91 Å². The van der Waals surface area contributed by atoms with Gasteiger partial charge in [-0.3, -0.25) is 4.79 Å². The number of benzene rings is 2. The lowest BCUT2D eigenvalue weighted by Crippen LogP contribution is -2.27. The van der Waals surface area contributed by atoms with E-state index in [2.05, 4.69) is 27.4 Å². The number of ether oxygens (including phenoxy) is 1. The molecule has 0 aliphatic heterocycles. The van der Waals surface area contributed by atoms with Crippen molar-refractivity contribution in [3.8, 4) is 17.0 Å². The highest BCUT2D eigenvalue weighted by molar-refractivity contribution is 6.01. The molecule has 5 nitrogen and oxygen atoms in total. The van der Waals surface area contributed by atoms with Gasteiger partial charge in [-0.15, -0.1) is 0 Å². The monoisotopic (exact) mass is 375 g/mol. The largest absolute Gasteiger partial charge is 0.497 e. The molecule has 0 spiro atoms. The van der Waals surface area contributed by atoms with E-state index in [-0.39, 0.29) is 5.91 Å². The van der Waals surface area contributed by atoms with Crippen molar-refractivity contribution in [3.05, 3.63) is 77.2 Å². The van der Waals surface area contributed by atoms with E-state index in [0.717, 1.165) is 24.2 Å². The Balaban J connectivity index is 1.77. The van der Waals surface area contributed by atoms with Crippen molar-refractivity contribution in [1.29, 1.82) is 0 Å². The number of carbonyl (C=O) groups is 1. The zero-order valence-corrected chi connectivity index (χ0v) is 16.5. The summed E-state index contributed by atoms with van der Waals surface area (Å²) in [5.74, 6) is 1.21. The summed E-state index contributed by atoms with van der Waals surface area (Å²) < 4.78 is 5.31. The van der Waals surface area contributed by atoms with Crippen LogP contribution in [0.3, 0.4) is 0 Å². The topological polar surface area (TPSA) is 64.1 Å². The van der Waals surface area contributed by atoms with Crippen molar-refractivity contribution >= 4 is 5.91 Å². The average molecular weight is 375 g/mol. The molecular weight excluding hydrogens is 350 g/mol. The number of aryl methyl sites for hydroxylation is 3. The van der Waals surface area contributed by atoms with E-state index in [1.165, 1.54) is 5.56 Å². The minimum Gasteiger partial charge on any atom is -0.497 e. The van der Waals surface area contributed by atoms with Crippen LogP contribution < -0.4 is 10.1 Å². The highest BCUT2D eigenvalue weighted by Crippen LogP contribution is 2.26. The Hall–Kier alpha value is -3.21. The van der Waals surface area contributed by atoms with Crippen molar-refractivity contribution in [1.82, 2.24) is 15.3 Å². The van der Waals surface area contributed by atoms with Gasteiger partial charge < -0.3 is 10.1 Å². The van der Waals surface area contributed by atoms with Gasteiger partial charge >= 0.3 is 0 Å². The maximum atomic E-state index is 12.9. The Labute approximate surface area is 165 Å². The maximum Gasteiger partial charge on any atom is 0.255 e. The third kappa shape index (κ3) is 4.74. The van der Waals surface area contributed by atoms with Crippen LogP contribution in [0.1, 0.15) is 33.9 Å². The lowest BCUT2D eigenvalue weighted by molar-refractivity contribution is 0.0952. The zero-order chi connectivity index (χ0) is 19.9. The Morgan fingerprint density at radius 2 is 1.82 bits per heavy atom. The molecule has 5 heteroatoms. The Morgan fingerprint density at radius 3 is 2.57 bits per heavy atom. The van der Waals surface area contributed by atoms with Crippen molar-refractivity contribution in [2.24, 2.45) is 0 Å². The molecule has 1 N–H and O–H groups in total. The Kier molecular flexibility index (Phi) is 6.37. The van der Waals surface area contributed by atoms with Crippen molar-refractivity contribution < 1.29 is 9.53 Å². The molecule has 0 fully saturated rings. The summed E-state index contributed by atoms with van der Waals surface area (Å²) in [6.07, 6.45) is 1.79. The van der Waals surface area contributed by atoms with Crippen molar-refractivity contribution in [2.75, 3.05) is 13.7 Å². The number of amides is 1. The Bertz CT molecular complexity index is 955. The van der Waals surface area contributed by atoms with E-state index in [4.69, 9.17) is 4.74 Å². The van der Waals surface area contributed by atoms with Crippen LogP contribution >= 0.6 is 0 Å². The van der Waals surface area contributed by atoms with Crippen LogP contribution in [-0.4, -0.2) is 29.5 Å². The Morgan fingerprint density at radius 1 is 1.04 bits per heavy atom. The molecule has 0 aliphatic rings. The third-order valence-corrected chi connectivity index (χ3v) is 4.54. The lowest BCUT2D eigenvalue weighted by Gasteiger charge is -2.13. The summed E-state index contributed by atoms with van der Waals surface area (Å²) in [6.45, 7) is 4.27.